The summed E-state index contributed by atoms with van der Waals surface area (Å²) in [6.07, 6.45) is 5.07. The number of amides is 4. The van der Waals surface area contributed by atoms with E-state index in [0.29, 0.717) is 30.4 Å². The Morgan fingerprint density at radius 2 is 1.88 bits per heavy atom. The van der Waals surface area contributed by atoms with Crippen LogP contribution in [0.15, 0.2) is 42.6 Å². The summed E-state index contributed by atoms with van der Waals surface area (Å²) >= 11 is 0. The molecule has 2 aliphatic carbocycles. The van der Waals surface area contributed by atoms with Gasteiger partial charge in [-0.15, -0.1) is 0 Å². The van der Waals surface area contributed by atoms with Crippen molar-refractivity contribution in [1.82, 2.24) is 24.8 Å². The highest BCUT2D eigenvalue weighted by atomic mass is 32.2. The third kappa shape index (κ3) is 7.05. The van der Waals surface area contributed by atoms with Crippen LogP contribution in [-0.4, -0.2) is 120 Å². The number of nitrogens with zero attached hydrogens (tertiary/aromatic N) is 3. The lowest BCUT2D eigenvalue weighted by Gasteiger charge is -2.50. The molecule has 2 saturated carbocycles. The molecule has 0 bridgehead atoms. The lowest BCUT2D eigenvalue weighted by Crippen LogP contribution is -2.69. The predicted molar refractivity (Wildman–Crippen MR) is 201 cm³/mol. The van der Waals surface area contributed by atoms with Crippen molar-refractivity contribution in [1.29, 1.82) is 0 Å². The molecule has 2 saturated heterocycles. The highest BCUT2D eigenvalue weighted by molar-refractivity contribution is 7.91. The molecular formula is C39H50FN5O10S. The molecule has 7 atom stereocenters. The van der Waals surface area contributed by atoms with Gasteiger partial charge in [-0.25, -0.2) is 22.6 Å². The van der Waals surface area contributed by atoms with Crippen LogP contribution in [0.5, 0.6) is 11.6 Å². The first-order valence-electron chi connectivity index (χ1n) is 19.2. The Hall–Kier alpha value is -4.51. The first-order chi connectivity index (χ1) is 26.6. The lowest BCUT2D eigenvalue weighted by atomic mass is 9.84. The molecule has 15 nitrogen and oxygen atoms in total. The molecule has 1 aromatic carbocycles. The fraction of sp³-hybridized carbons (Fsp3) is 0.615. The number of sulfonamides is 1. The molecule has 5 aliphatic rings. The first-order valence-corrected chi connectivity index (χ1v) is 20.7. The van der Waals surface area contributed by atoms with Crippen LogP contribution in [0.25, 0.3) is 10.8 Å². The second kappa shape index (κ2) is 14.8. The number of rotatable bonds is 9. The van der Waals surface area contributed by atoms with Crippen molar-refractivity contribution in [2.75, 3.05) is 33.5 Å². The van der Waals surface area contributed by atoms with E-state index in [9.17, 15) is 32.3 Å². The third-order valence-electron chi connectivity index (χ3n) is 12.3. The number of benzene rings is 1. The lowest BCUT2D eigenvalue weighted by molar-refractivity contribution is -0.161. The number of carbonyl (C=O) groups is 4. The molecule has 3 aliphatic heterocycles. The molecule has 304 valence electrons. The summed E-state index contributed by atoms with van der Waals surface area (Å²) in [5.41, 5.74) is -2.68. The molecular weight excluding hydrogens is 750 g/mol. The molecule has 0 radical (unpaired) electrons. The van der Waals surface area contributed by atoms with Gasteiger partial charge in [0.15, 0.2) is 0 Å². The maximum atomic E-state index is 15.1. The van der Waals surface area contributed by atoms with Gasteiger partial charge in [0, 0.05) is 23.1 Å². The zero-order valence-corrected chi connectivity index (χ0v) is 32.8. The van der Waals surface area contributed by atoms with E-state index in [0.717, 1.165) is 5.39 Å². The monoisotopic (exact) mass is 799 g/mol. The first kappa shape index (κ1) is 39.7. The van der Waals surface area contributed by atoms with Crippen molar-refractivity contribution in [2.24, 2.45) is 17.8 Å². The Kier molecular flexibility index (Phi) is 10.5. The number of allylic oxidation sites excluding steroid dienone is 1. The minimum Gasteiger partial charge on any atom is -0.494 e. The Balaban J connectivity index is 1.27. The Bertz CT molecular complexity index is 2040. The van der Waals surface area contributed by atoms with Gasteiger partial charge < -0.3 is 29.5 Å². The van der Waals surface area contributed by atoms with Gasteiger partial charge in [-0.2, -0.15) is 0 Å². The topological polar surface area (TPSA) is 194 Å². The number of carbonyl (C=O) groups excluding carboxylic acids is 3. The Morgan fingerprint density at radius 1 is 1.16 bits per heavy atom. The van der Waals surface area contributed by atoms with E-state index in [1.54, 1.807) is 13.0 Å². The molecule has 1 aromatic heterocycles. The standard InChI is InChI=1S/C39H50FN5O10S/c1-23-9-5-6-10-25-17-39(25,35(48)43-56(51,52)38(20-40)13-14-38)42-32(46)29-16-26(55-33-28-12-8-7-11-27(28)30(53-4)18-41-33)19-44(29)34(47)31(24(2)15-23)45(36(49)50)37(3)21-54-22-37/h6-8,10-12,18,23-26,29,31H,5,9,13-17,19-22H2,1-4H3,(H,42,46)(H,43,48)(H,49,50)/t23-,24-,25-,26-,29+,31+,39-/m1/s1. The zero-order chi connectivity index (χ0) is 40.2. The van der Waals surface area contributed by atoms with Gasteiger partial charge in [-0.3, -0.25) is 24.0 Å². The van der Waals surface area contributed by atoms with Gasteiger partial charge in [-0.05, 0) is 63.4 Å². The highest BCUT2D eigenvalue weighted by Gasteiger charge is 2.64. The van der Waals surface area contributed by atoms with Crippen molar-refractivity contribution < 1.29 is 51.3 Å². The maximum absolute atomic E-state index is 15.1. The fourth-order valence-corrected chi connectivity index (χ4v) is 10.1. The summed E-state index contributed by atoms with van der Waals surface area (Å²) in [5.74, 6) is -2.53. The Labute approximate surface area is 325 Å². The molecule has 3 N–H and O–H groups in total. The van der Waals surface area contributed by atoms with Gasteiger partial charge in [0.05, 0.1) is 38.6 Å². The van der Waals surface area contributed by atoms with Gasteiger partial charge >= 0.3 is 6.09 Å². The van der Waals surface area contributed by atoms with E-state index in [1.807, 2.05) is 44.2 Å². The van der Waals surface area contributed by atoms with Crippen LogP contribution in [0.3, 0.4) is 0 Å². The summed E-state index contributed by atoms with van der Waals surface area (Å²) in [6.45, 7) is 4.52. The summed E-state index contributed by atoms with van der Waals surface area (Å²) in [4.78, 5) is 63.7. The van der Waals surface area contributed by atoms with Crippen LogP contribution >= 0.6 is 0 Å². The predicted octanol–water partition coefficient (Wildman–Crippen LogP) is 3.56. The fourth-order valence-electron chi connectivity index (χ4n) is 8.67. The summed E-state index contributed by atoms with van der Waals surface area (Å²) in [6, 6.07) is 4.86. The summed E-state index contributed by atoms with van der Waals surface area (Å²) < 4.78 is 58.1. The molecule has 56 heavy (non-hydrogen) atoms. The Morgan fingerprint density at radius 3 is 2.50 bits per heavy atom. The number of carboxylic acid groups (broad SMARTS) is 1. The SMILES string of the molecule is COc1cnc(O[C@@H]2C[C@H]3C(=O)N[C@]4(C(=O)NS(=O)(=O)C5(CF)CC5)C[C@H]4C=CCC[C@@H](C)C[C@@H](C)[C@H](N(C(=O)O)C4(C)COC4)C(=O)N3C2)c2ccccc12. The van der Waals surface area contributed by atoms with Crippen LogP contribution in [0.2, 0.25) is 0 Å². The number of aromatic nitrogens is 1. The number of alkyl halides is 1. The quantitative estimate of drug-likeness (QED) is 0.314. The average Bonchev–Trinajstić information content (AvgIpc) is 4.05. The van der Waals surface area contributed by atoms with E-state index in [2.05, 4.69) is 15.0 Å². The molecule has 4 fully saturated rings. The van der Waals surface area contributed by atoms with Crippen molar-refractivity contribution >= 4 is 44.6 Å². The average molecular weight is 800 g/mol. The van der Waals surface area contributed by atoms with Crippen LogP contribution < -0.4 is 19.5 Å². The summed E-state index contributed by atoms with van der Waals surface area (Å²) in [7, 11) is -2.88. The van der Waals surface area contributed by atoms with Crippen molar-refractivity contribution in [3.05, 3.63) is 42.6 Å². The van der Waals surface area contributed by atoms with Crippen LogP contribution in [0.1, 0.15) is 65.7 Å². The van der Waals surface area contributed by atoms with Gasteiger partial charge in [0.25, 0.3) is 5.91 Å². The summed E-state index contributed by atoms with van der Waals surface area (Å²) in [5, 5.41) is 14.9. The van der Waals surface area contributed by atoms with E-state index in [4.69, 9.17) is 14.2 Å². The van der Waals surface area contributed by atoms with E-state index >= 15 is 4.79 Å². The van der Waals surface area contributed by atoms with Gasteiger partial charge in [0.1, 0.15) is 40.9 Å². The normalized spacial score (nSPS) is 31.1. The number of fused-ring (bicyclic) bond motifs is 3. The number of hydrogen-bond donors (Lipinski definition) is 3. The van der Waals surface area contributed by atoms with Crippen molar-refractivity contribution in [2.45, 2.75) is 99.7 Å². The molecule has 2 aromatic rings. The molecule has 7 rings (SSSR count). The van der Waals surface area contributed by atoms with Crippen molar-refractivity contribution in [3.8, 4) is 11.6 Å². The molecule has 4 heterocycles. The highest BCUT2D eigenvalue weighted by Crippen LogP contribution is 2.48. The van der Waals surface area contributed by atoms with Crippen LogP contribution in [0.4, 0.5) is 9.18 Å². The van der Waals surface area contributed by atoms with E-state index in [-0.39, 0.29) is 57.2 Å². The van der Waals surface area contributed by atoms with E-state index < -0.39 is 86.4 Å². The van der Waals surface area contributed by atoms with Crippen LogP contribution in [-0.2, 0) is 29.1 Å². The molecule has 0 unspecified atom stereocenters. The minimum atomic E-state index is -4.41. The maximum Gasteiger partial charge on any atom is 0.408 e. The zero-order valence-electron chi connectivity index (χ0n) is 32.0. The number of nitrogens with one attached hydrogen (secondary N) is 2. The van der Waals surface area contributed by atoms with E-state index in [1.165, 1.54) is 23.1 Å². The van der Waals surface area contributed by atoms with Gasteiger partial charge in [0.2, 0.25) is 27.7 Å². The van der Waals surface area contributed by atoms with Gasteiger partial charge in [-0.1, -0.05) is 44.2 Å². The van der Waals surface area contributed by atoms with Crippen LogP contribution in [0, 0.1) is 17.8 Å². The number of methoxy groups -OCH3 is 1. The molecule has 17 heteroatoms. The minimum absolute atomic E-state index is 0.0496. The second-order valence-corrected chi connectivity index (χ2v) is 18.7. The molecule has 0 spiro atoms. The largest absolute Gasteiger partial charge is 0.494 e. The number of ether oxygens (including phenoxy) is 3. The second-order valence-electron chi connectivity index (χ2n) is 16.6. The number of halogens is 1. The molecule has 4 amide bonds. The number of hydrogen-bond acceptors (Lipinski definition) is 10. The smallest absolute Gasteiger partial charge is 0.408 e. The third-order valence-corrected chi connectivity index (χ3v) is 14.4. The number of pyridine rings is 1. The van der Waals surface area contributed by atoms with Crippen molar-refractivity contribution in [3.63, 3.8) is 0 Å².